The molecule has 2 nitrogen and oxygen atoms in total. The molecular formula is C19H16Cl2O2Te. The molecule has 0 heterocycles. The topological polar surface area (TPSA) is 37.3 Å². The summed E-state index contributed by atoms with van der Waals surface area (Å²) >= 11 is -3.56. The molecule has 24 heavy (non-hydrogen) atoms. The Balaban J connectivity index is 1.87. The normalized spacial score (nSPS) is 12.3. The Kier molecular flexibility index (Phi) is 5.08. The molecule has 0 bridgehead atoms. The van der Waals surface area contributed by atoms with Gasteiger partial charge in [-0.25, -0.2) is 0 Å². The van der Waals surface area contributed by atoms with E-state index in [2.05, 4.69) is 0 Å². The van der Waals surface area contributed by atoms with Gasteiger partial charge in [0.15, 0.2) is 0 Å². The number of Topliss-reactive ketones (excluding diaryl/α,β-unsaturated/α-hetero) is 1. The van der Waals surface area contributed by atoms with Crippen LogP contribution >= 0.6 is 17.9 Å². The molecule has 0 unspecified atom stereocenters. The summed E-state index contributed by atoms with van der Waals surface area (Å²) < 4.78 is 0.930. The van der Waals surface area contributed by atoms with Gasteiger partial charge < -0.3 is 0 Å². The van der Waals surface area contributed by atoms with Gasteiger partial charge in [0, 0.05) is 0 Å². The SMILES string of the molecule is Cc1cc([Te](Cl)(Cl)CC(=O)c2ccc3ccccc3c2)ccc1O. The van der Waals surface area contributed by atoms with Crippen molar-refractivity contribution in [2.24, 2.45) is 0 Å². The summed E-state index contributed by atoms with van der Waals surface area (Å²) in [7, 11) is 13.2. The molecule has 0 atom stereocenters. The third kappa shape index (κ3) is 3.71. The van der Waals surface area contributed by atoms with Crippen LogP contribution < -0.4 is 3.61 Å². The number of carbonyl (C=O) groups is 1. The number of fused-ring (bicyclic) bond motifs is 1. The average Bonchev–Trinajstić information content (AvgIpc) is 2.56. The first-order chi connectivity index (χ1) is 11.4. The molecule has 0 saturated heterocycles. The van der Waals surface area contributed by atoms with Crippen molar-refractivity contribution >= 4 is 54.0 Å². The first-order valence-electron chi connectivity index (χ1n) is 7.39. The van der Waals surface area contributed by atoms with E-state index in [0.29, 0.717) is 11.1 Å². The van der Waals surface area contributed by atoms with Gasteiger partial charge in [0.1, 0.15) is 0 Å². The maximum absolute atomic E-state index is 12.7. The summed E-state index contributed by atoms with van der Waals surface area (Å²) in [5, 5.41) is 11.7. The van der Waals surface area contributed by atoms with Crippen LogP contribution in [0.2, 0.25) is 4.47 Å². The first kappa shape index (κ1) is 17.6. The Hall–Kier alpha value is -1.24. The Bertz CT molecular complexity index is 922. The molecule has 0 aliphatic heterocycles. The summed E-state index contributed by atoms with van der Waals surface area (Å²) in [5.74, 6) is 0.157. The molecular weight excluding hydrogens is 459 g/mol. The van der Waals surface area contributed by atoms with Crippen LogP contribution in [-0.4, -0.2) is 26.8 Å². The Labute approximate surface area is 152 Å². The molecule has 0 aliphatic carbocycles. The van der Waals surface area contributed by atoms with Gasteiger partial charge in [-0.2, -0.15) is 0 Å². The number of ketones is 1. The van der Waals surface area contributed by atoms with E-state index in [-0.39, 0.29) is 16.0 Å². The number of phenols is 1. The summed E-state index contributed by atoms with van der Waals surface area (Å²) in [6.07, 6.45) is 0. The zero-order valence-electron chi connectivity index (χ0n) is 13.0. The van der Waals surface area contributed by atoms with Gasteiger partial charge >= 0.3 is 153 Å². The second-order valence-corrected chi connectivity index (χ2v) is 19.2. The fourth-order valence-electron chi connectivity index (χ4n) is 2.51. The fourth-order valence-corrected chi connectivity index (χ4v) is 8.78. The molecule has 0 aromatic heterocycles. The molecule has 3 aromatic rings. The summed E-state index contributed by atoms with van der Waals surface area (Å²) in [6.45, 7) is 1.79. The van der Waals surface area contributed by atoms with Gasteiger partial charge in [0.25, 0.3) is 0 Å². The van der Waals surface area contributed by atoms with Gasteiger partial charge in [-0.3, -0.25) is 0 Å². The predicted octanol–water partition coefficient (Wildman–Crippen LogP) is 4.86. The van der Waals surface area contributed by atoms with Crippen molar-refractivity contribution in [1.29, 1.82) is 0 Å². The third-order valence-corrected chi connectivity index (χ3v) is 12.2. The van der Waals surface area contributed by atoms with Crippen LogP contribution in [0.4, 0.5) is 0 Å². The quantitative estimate of drug-likeness (QED) is 0.433. The molecule has 0 fully saturated rings. The molecule has 0 aliphatic rings. The minimum atomic E-state index is -3.56. The van der Waals surface area contributed by atoms with Gasteiger partial charge in [-0.05, 0) is 0 Å². The Morgan fingerprint density at radius 2 is 1.71 bits per heavy atom. The number of aromatic hydroxyl groups is 1. The molecule has 0 radical (unpaired) electrons. The first-order valence-corrected chi connectivity index (χ1v) is 16.1. The van der Waals surface area contributed by atoms with E-state index in [9.17, 15) is 9.90 Å². The van der Waals surface area contributed by atoms with E-state index in [1.165, 1.54) is 0 Å². The fraction of sp³-hybridized carbons (Fsp3) is 0.105. The zero-order valence-corrected chi connectivity index (χ0v) is 16.8. The number of hydrogen-bond donors (Lipinski definition) is 1. The van der Waals surface area contributed by atoms with Crippen LogP contribution in [0.1, 0.15) is 15.9 Å². The summed E-state index contributed by atoms with van der Waals surface area (Å²) in [4.78, 5) is 12.7. The number of phenolic OH excluding ortho intramolecular Hbond substituents is 1. The monoisotopic (exact) mass is 476 g/mol. The molecule has 124 valence electrons. The van der Waals surface area contributed by atoms with Gasteiger partial charge in [0.2, 0.25) is 0 Å². The van der Waals surface area contributed by atoms with Crippen molar-refractivity contribution in [3.63, 3.8) is 0 Å². The van der Waals surface area contributed by atoms with Crippen molar-refractivity contribution < 1.29 is 9.90 Å². The molecule has 1 N–H and O–H groups in total. The number of hydrogen-bond acceptors (Lipinski definition) is 2. The maximum atomic E-state index is 12.7. The van der Waals surface area contributed by atoms with Crippen LogP contribution in [0.5, 0.6) is 5.75 Å². The van der Waals surface area contributed by atoms with E-state index in [1.54, 1.807) is 25.1 Å². The second kappa shape index (κ2) is 6.94. The average molecular weight is 475 g/mol. The molecule has 5 heteroatoms. The number of rotatable bonds is 4. The van der Waals surface area contributed by atoms with Crippen molar-refractivity contribution in [3.05, 3.63) is 71.8 Å². The van der Waals surface area contributed by atoms with Crippen LogP contribution in [0.15, 0.2) is 60.7 Å². The summed E-state index contributed by atoms with van der Waals surface area (Å²) in [6, 6.07) is 18.6. The van der Waals surface area contributed by atoms with E-state index >= 15 is 0 Å². The van der Waals surface area contributed by atoms with Gasteiger partial charge in [-0.1, -0.05) is 0 Å². The van der Waals surface area contributed by atoms with E-state index in [1.807, 2.05) is 42.5 Å². The standard InChI is InChI=1S/C19H16Cl2O2Te/c1-13-10-17(8-9-18(13)22)24(20,21)12-19(23)16-7-6-14-4-2-3-5-15(14)11-16/h2-11,22H,12H2,1H3. The minimum absolute atomic E-state index is 0.0438. The predicted molar refractivity (Wildman–Crippen MR) is 103 cm³/mol. The summed E-state index contributed by atoms with van der Waals surface area (Å²) in [5.41, 5.74) is 1.34. The van der Waals surface area contributed by atoms with Crippen molar-refractivity contribution in [2.75, 3.05) is 0 Å². The van der Waals surface area contributed by atoms with E-state index in [0.717, 1.165) is 14.4 Å². The van der Waals surface area contributed by atoms with Crippen molar-refractivity contribution in [2.45, 2.75) is 11.4 Å². The van der Waals surface area contributed by atoms with Gasteiger partial charge in [-0.15, -0.1) is 0 Å². The van der Waals surface area contributed by atoms with E-state index in [4.69, 9.17) is 17.9 Å². The molecule has 3 aromatic carbocycles. The third-order valence-electron chi connectivity index (χ3n) is 3.90. The number of halogens is 2. The molecule has 0 amide bonds. The Morgan fingerprint density at radius 3 is 2.42 bits per heavy atom. The molecule has 0 saturated carbocycles. The van der Waals surface area contributed by atoms with Crippen LogP contribution in [0.3, 0.4) is 0 Å². The van der Waals surface area contributed by atoms with Crippen LogP contribution in [0.25, 0.3) is 10.8 Å². The van der Waals surface area contributed by atoms with Gasteiger partial charge in [0.05, 0.1) is 0 Å². The van der Waals surface area contributed by atoms with Crippen LogP contribution in [0, 0.1) is 6.92 Å². The zero-order chi connectivity index (χ0) is 17.3. The Morgan fingerprint density at radius 1 is 1.00 bits per heavy atom. The van der Waals surface area contributed by atoms with Crippen molar-refractivity contribution in [3.8, 4) is 5.75 Å². The van der Waals surface area contributed by atoms with Crippen LogP contribution in [-0.2, 0) is 0 Å². The van der Waals surface area contributed by atoms with Crippen molar-refractivity contribution in [1.82, 2.24) is 0 Å². The molecule has 0 spiro atoms. The van der Waals surface area contributed by atoms with E-state index < -0.39 is 15.9 Å². The second-order valence-electron chi connectivity index (χ2n) is 5.65. The number of carbonyl (C=O) groups excluding carboxylic acids is 1. The number of benzene rings is 3. The number of aryl methyl sites for hydroxylation is 1. The molecule has 3 rings (SSSR count).